The Balaban J connectivity index is 1.73. The molecular weight excluding hydrogens is 219 g/mol. The fourth-order valence-corrected chi connectivity index (χ4v) is 2.05. The molecule has 0 aromatic heterocycles. The zero-order chi connectivity index (χ0) is 12.1. The van der Waals surface area contributed by atoms with Crippen molar-refractivity contribution < 1.29 is 9.18 Å². The SMILES string of the molecule is O=C(NCCc1cccc(F)c1)C1CCNC1. The van der Waals surface area contributed by atoms with Gasteiger partial charge in [-0.05, 0) is 37.1 Å². The number of halogens is 1. The molecule has 1 saturated heterocycles. The Morgan fingerprint density at radius 2 is 2.41 bits per heavy atom. The average Bonchev–Trinajstić information content (AvgIpc) is 2.82. The Hall–Kier alpha value is -1.42. The summed E-state index contributed by atoms with van der Waals surface area (Å²) in [7, 11) is 0. The van der Waals surface area contributed by atoms with Crippen molar-refractivity contribution in [3.05, 3.63) is 35.6 Å². The van der Waals surface area contributed by atoms with Crippen molar-refractivity contribution in [3.8, 4) is 0 Å². The van der Waals surface area contributed by atoms with Gasteiger partial charge in [-0.1, -0.05) is 12.1 Å². The van der Waals surface area contributed by atoms with Crippen LogP contribution >= 0.6 is 0 Å². The van der Waals surface area contributed by atoms with Crippen LogP contribution in [-0.4, -0.2) is 25.5 Å². The van der Waals surface area contributed by atoms with Gasteiger partial charge in [0.2, 0.25) is 5.91 Å². The van der Waals surface area contributed by atoms with E-state index in [2.05, 4.69) is 10.6 Å². The van der Waals surface area contributed by atoms with Crippen LogP contribution in [-0.2, 0) is 11.2 Å². The number of carbonyl (C=O) groups is 1. The van der Waals surface area contributed by atoms with Crippen molar-refractivity contribution in [2.75, 3.05) is 19.6 Å². The molecule has 2 rings (SSSR count). The van der Waals surface area contributed by atoms with Gasteiger partial charge in [0, 0.05) is 13.1 Å². The first-order valence-electron chi connectivity index (χ1n) is 5.98. The molecule has 3 nitrogen and oxygen atoms in total. The number of amides is 1. The first-order valence-corrected chi connectivity index (χ1v) is 5.98. The van der Waals surface area contributed by atoms with Crippen LogP contribution < -0.4 is 10.6 Å². The van der Waals surface area contributed by atoms with Crippen LogP contribution in [0.3, 0.4) is 0 Å². The molecule has 92 valence electrons. The first kappa shape index (κ1) is 12.0. The van der Waals surface area contributed by atoms with Gasteiger partial charge in [-0.15, -0.1) is 0 Å². The Labute approximate surface area is 100 Å². The molecular formula is C13H17FN2O. The maximum Gasteiger partial charge on any atom is 0.224 e. The maximum atomic E-state index is 12.9. The van der Waals surface area contributed by atoms with Gasteiger partial charge in [-0.2, -0.15) is 0 Å². The van der Waals surface area contributed by atoms with Crippen LogP contribution in [0.5, 0.6) is 0 Å². The lowest BCUT2D eigenvalue weighted by Gasteiger charge is -2.09. The zero-order valence-corrected chi connectivity index (χ0v) is 9.71. The molecule has 1 atom stereocenters. The predicted molar refractivity (Wildman–Crippen MR) is 64.1 cm³/mol. The van der Waals surface area contributed by atoms with E-state index in [0.29, 0.717) is 13.0 Å². The highest BCUT2D eigenvalue weighted by atomic mass is 19.1. The molecule has 1 aliphatic heterocycles. The van der Waals surface area contributed by atoms with Gasteiger partial charge in [-0.25, -0.2) is 4.39 Å². The minimum atomic E-state index is -0.228. The Bertz CT molecular complexity index is 389. The summed E-state index contributed by atoms with van der Waals surface area (Å²) in [6.07, 6.45) is 1.58. The molecule has 17 heavy (non-hydrogen) atoms. The number of nitrogens with one attached hydrogen (secondary N) is 2. The van der Waals surface area contributed by atoms with Crippen molar-refractivity contribution in [2.45, 2.75) is 12.8 Å². The highest BCUT2D eigenvalue weighted by molar-refractivity contribution is 5.79. The third-order valence-electron chi connectivity index (χ3n) is 3.03. The van der Waals surface area contributed by atoms with Crippen LogP contribution in [0.25, 0.3) is 0 Å². The van der Waals surface area contributed by atoms with Crippen molar-refractivity contribution in [2.24, 2.45) is 5.92 Å². The van der Waals surface area contributed by atoms with E-state index in [0.717, 1.165) is 25.1 Å². The third kappa shape index (κ3) is 3.53. The molecule has 1 heterocycles. The van der Waals surface area contributed by atoms with Crippen molar-refractivity contribution in [3.63, 3.8) is 0 Å². The normalized spacial score (nSPS) is 19.2. The van der Waals surface area contributed by atoms with Crippen LogP contribution in [0.4, 0.5) is 4.39 Å². The number of hydrogen-bond donors (Lipinski definition) is 2. The monoisotopic (exact) mass is 236 g/mol. The molecule has 0 bridgehead atoms. The van der Waals surface area contributed by atoms with E-state index in [4.69, 9.17) is 0 Å². The summed E-state index contributed by atoms with van der Waals surface area (Å²) in [6, 6.07) is 6.48. The molecule has 0 saturated carbocycles. The summed E-state index contributed by atoms with van der Waals surface area (Å²) in [5.74, 6) is -0.0252. The lowest BCUT2D eigenvalue weighted by atomic mass is 10.1. The van der Waals surface area contributed by atoms with Crippen LogP contribution in [0.2, 0.25) is 0 Å². The second-order valence-corrected chi connectivity index (χ2v) is 4.36. The molecule has 4 heteroatoms. The van der Waals surface area contributed by atoms with Crippen LogP contribution in [0.15, 0.2) is 24.3 Å². The number of benzene rings is 1. The van der Waals surface area contributed by atoms with Crippen molar-refractivity contribution in [1.29, 1.82) is 0 Å². The fourth-order valence-electron chi connectivity index (χ4n) is 2.05. The highest BCUT2D eigenvalue weighted by Gasteiger charge is 2.21. The summed E-state index contributed by atoms with van der Waals surface area (Å²) >= 11 is 0. The van der Waals surface area contributed by atoms with E-state index in [1.807, 2.05) is 6.07 Å². The molecule has 0 aliphatic carbocycles. The van der Waals surface area contributed by atoms with E-state index >= 15 is 0 Å². The van der Waals surface area contributed by atoms with E-state index < -0.39 is 0 Å². The molecule has 0 spiro atoms. The topological polar surface area (TPSA) is 41.1 Å². The Morgan fingerprint density at radius 3 is 3.12 bits per heavy atom. The smallest absolute Gasteiger partial charge is 0.224 e. The van der Waals surface area contributed by atoms with Crippen molar-refractivity contribution in [1.82, 2.24) is 10.6 Å². The van der Waals surface area contributed by atoms with E-state index in [1.54, 1.807) is 6.07 Å². The molecule has 1 aliphatic rings. The molecule has 1 aromatic rings. The zero-order valence-electron chi connectivity index (χ0n) is 9.71. The van der Waals surface area contributed by atoms with Gasteiger partial charge in [-0.3, -0.25) is 4.79 Å². The molecule has 1 amide bonds. The van der Waals surface area contributed by atoms with Gasteiger partial charge in [0.1, 0.15) is 5.82 Å². The van der Waals surface area contributed by atoms with E-state index in [9.17, 15) is 9.18 Å². The summed E-state index contributed by atoms with van der Waals surface area (Å²) in [4.78, 5) is 11.7. The Kier molecular flexibility index (Phi) is 4.09. The molecule has 1 fully saturated rings. The van der Waals surface area contributed by atoms with Gasteiger partial charge in [0.15, 0.2) is 0 Å². The summed E-state index contributed by atoms with van der Waals surface area (Å²) in [5.41, 5.74) is 0.912. The standard InChI is InChI=1S/C13H17FN2O/c14-12-3-1-2-10(8-12)4-7-16-13(17)11-5-6-15-9-11/h1-3,8,11,15H,4-7,9H2,(H,16,17). The average molecular weight is 236 g/mol. The molecule has 1 aromatic carbocycles. The van der Waals surface area contributed by atoms with Crippen LogP contribution in [0.1, 0.15) is 12.0 Å². The summed E-state index contributed by atoms with van der Waals surface area (Å²) < 4.78 is 12.9. The lowest BCUT2D eigenvalue weighted by molar-refractivity contribution is -0.124. The second kappa shape index (κ2) is 5.77. The third-order valence-corrected chi connectivity index (χ3v) is 3.03. The molecule has 0 radical (unpaired) electrons. The first-order chi connectivity index (χ1) is 8.25. The fraction of sp³-hybridized carbons (Fsp3) is 0.462. The number of carbonyl (C=O) groups excluding carboxylic acids is 1. The predicted octanol–water partition coefficient (Wildman–Crippen LogP) is 1.09. The largest absolute Gasteiger partial charge is 0.355 e. The van der Waals surface area contributed by atoms with Gasteiger partial charge >= 0.3 is 0 Å². The Morgan fingerprint density at radius 1 is 1.53 bits per heavy atom. The minimum Gasteiger partial charge on any atom is -0.355 e. The summed E-state index contributed by atoms with van der Waals surface area (Å²) in [5, 5.41) is 6.05. The molecule has 1 unspecified atom stereocenters. The highest BCUT2D eigenvalue weighted by Crippen LogP contribution is 2.07. The van der Waals surface area contributed by atoms with Crippen molar-refractivity contribution >= 4 is 5.91 Å². The minimum absolute atomic E-state index is 0.0995. The van der Waals surface area contributed by atoms with E-state index in [-0.39, 0.29) is 17.6 Å². The van der Waals surface area contributed by atoms with Crippen LogP contribution in [0, 0.1) is 11.7 Å². The summed E-state index contributed by atoms with van der Waals surface area (Å²) in [6.45, 7) is 2.26. The number of rotatable bonds is 4. The lowest BCUT2D eigenvalue weighted by Crippen LogP contribution is -2.33. The quantitative estimate of drug-likeness (QED) is 0.821. The maximum absolute atomic E-state index is 12.9. The van der Waals surface area contributed by atoms with Gasteiger partial charge in [0.05, 0.1) is 5.92 Å². The van der Waals surface area contributed by atoms with E-state index in [1.165, 1.54) is 12.1 Å². The van der Waals surface area contributed by atoms with Gasteiger partial charge < -0.3 is 10.6 Å². The molecule has 2 N–H and O–H groups in total. The number of hydrogen-bond acceptors (Lipinski definition) is 2. The van der Waals surface area contributed by atoms with Gasteiger partial charge in [0.25, 0.3) is 0 Å². The second-order valence-electron chi connectivity index (χ2n) is 4.36.